The molecule has 0 saturated carbocycles. The Kier molecular flexibility index (Phi) is 4.80. The van der Waals surface area contributed by atoms with E-state index < -0.39 is 10.0 Å². The number of sulfonamides is 1. The molecule has 1 fully saturated rings. The number of nitrogens with one attached hydrogen (secondary N) is 1. The molecule has 0 atom stereocenters. The highest BCUT2D eigenvalue weighted by molar-refractivity contribution is 7.89. The van der Waals surface area contributed by atoms with E-state index >= 15 is 0 Å². The van der Waals surface area contributed by atoms with E-state index in [1.807, 2.05) is 0 Å². The van der Waals surface area contributed by atoms with Gasteiger partial charge in [0.2, 0.25) is 10.0 Å². The second kappa shape index (κ2) is 6.22. The van der Waals surface area contributed by atoms with Crippen LogP contribution in [0.5, 0.6) is 0 Å². The molecule has 0 unspecified atom stereocenters. The maximum atomic E-state index is 12.4. The Bertz CT molecular complexity index is 551. The van der Waals surface area contributed by atoms with Gasteiger partial charge in [-0.15, -0.1) is 0 Å². The SMILES string of the molecule is CC1(CNS(=O)(=O)c2ccccc2CN)CCOCC1. The Morgan fingerprint density at radius 3 is 2.60 bits per heavy atom. The van der Waals surface area contributed by atoms with Crippen molar-refractivity contribution in [3.8, 4) is 0 Å². The fraction of sp³-hybridized carbons (Fsp3) is 0.571. The van der Waals surface area contributed by atoms with E-state index in [4.69, 9.17) is 10.5 Å². The van der Waals surface area contributed by atoms with Gasteiger partial charge in [0.05, 0.1) is 4.90 Å². The second-order valence-electron chi connectivity index (χ2n) is 5.56. The summed E-state index contributed by atoms with van der Waals surface area (Å²) in [6.07, 6.45) is 1.74. The van der Waals surface area contributed by atoms with Crippen LogP contribution >= 0.6 is 0 Å². The molecule has 0 amide bonds. The maximum Gasteiger partial charge on any atom is 0.240 e. The third-order valence-corrected chi connectivity index (χ3v) is 5.37. The smallest absolute Gasteiger partial charge is 0.240 e. The van der Waals surface area contributed by atoms with Gasteiger partial charge in [-0.05, 0) is 29.9 Å². The van der Waals surface area contributed by atoms with E-state index in [1.54, 1.807) is 24.3 Å². The van der Waals surface area contributed by atoms with Crippen molar-refractivity contribution in [2.75, 3.05) is 19.8 Å². The van der Waals surface area contributed by atoms with Crippen molar-refractivity contribution < 1.29 is 13.2 Å². The average molecular weight is 298 g/mol. The van der Waals surface area contributed by atoms with Crippen LogP contribution in [0.2, 0.25) is 0 Å². The first-order valence-electron chi connectivity index (χ1n) is 6.82. The predicted molar refractivity (Wildman–Crippen MR) is 77.7 cm³/mol. The number of rotatable bonds is 5. The van der Waals surface area contributed by atoms with E-state index in [-0.39, 0.29) is 16.9 Å². The summed E-state index contributed by atoms with van der Waals surface area (Å²) < 4.78 is 32.8. The topological polar surface area (TPSA) is 81.4 Å². The number of hydrogen-bond acceptors (Lipinski definition) is 4. The molecular weight excluding hydrogens is 276 g/mol. The molecule has 1 aliphatic rings. The zero-order chi connectivity index (χ0) is 14.6. The van der Waals surface area contributed by atoms with Crippen molar-refractivity contribution in [2.45, 2.75) is 31.2 Å². The minimum atomic E-state index is -3.51. The molecule has 0 aliphatic carbocycles. The molecule has 5 nitrogen and oxygen atoms in total. The van der Waals surface area contributed by atoms with Crippen molar-refractivity contribution >= 4 is 10.0 Å². The fourth-order valence-electron chi connectivity index (χ4n) is 2.32. The standard InChI is InChI=1S/C14H22N2O3S/c1-14(6-8-19-9-7-14)11-16-20(17,18)13-5-3-2-4-12(13)10-15/h2-5,16H,6-11,15H2,1H3. The first-order chi connectivity index (χ1) is 9.47. The summed E-state index contributed by atoms with van der Waals surface area (Å²) in [6.45, 7) is 4.11. The second-order valence-corrected chi connectivity index (χ2v) is 7.29. The molecule has 1 heterocycles. The Hall–Kier alpha value is -0.950. The summed E-state index contributed by atoms with van der Waals surface area (Å²) in [5, 5.41) is 0. The van der Waals surface area contributed by atoms with Crippen LogP contribution in [-0.4, -0.2) is 28.2 Å². The van der Waals surface area contributed by atoms with Crippen LogP contribution in [0, 0.1) is 5.41 Å². The molecule has 1 aromatic carbocycles. The molecule has 0 aromatic heterocycles. The molecule has 112 valence electrons. The van der Waals surface area contributed by atoms with Crippen molar-refractivity contribution in [2.24, 2.45) is 11.1 Å². The lowest BCUT2D eigenvalue weighted by atomic mass is 9.83. The minimum Gasteiger partial charge on any atom is -0.381 e. The van der Waals surface area contributed by atoms with Crippen LogP contribution in [0.15, 0.2) is 29.2 Å². The van der Waals surface area contributed by atoms with Crippen LogP contribution in [0.3, 0.4) is 0 Å². The van der Waals surface area contributed by atoms with Crippen molar-refractivity contribution in [3.63, 3.8) is 0 Å². The summed E-state index contributed by atoms with van der Waals surface area (Å²) >= 11 is 0. The Morgan fingerprint density at radius 2 is 1.95 bits per heavy atom. The first kappa shape index (κ1) is 15.4. The number of ether oxygens (including phenoxy) is 1. The van der Waals surface area contributed by atoms with Gasteiger partial charge in [0.1, 0.15) is 0 Å². The molecule has 0 radical (unpaired) electrons. The highest BCUT2D eigenvalue weighted by Crippen LogP contribution is 2.29. The van der Waals surface area contributed by atoms with Crippen LogP contribution in [0.1, 0.15) is 25.3 Å². The van der Waals surface area contributed by atoms with Gasteiger partial charge in [0.25, 0.3) is 0 Å². The van der Waals surface area contributed by atoms with Gasteiger partial charge in [-0.3, -0.25) is 0 Å². The summed E-state index contributed by atoms with van der Waals surface area (Å²) in [7, 11) is -3.51. The third kappa shape index (κ3) is 3.58. The highest BCUT2D eigenvalue weighted by atomic mass is 32.2. The van der Waals surface area contributed by atoms with Crippen LogP contribution in [-0.2, 0) is 21.3 Å². The zero-order valence-electron chi connectivity index (χ0n) is 11.8. The van der Waals surface area contributed by atoms with Crippen LogP contribution in [0.4, 0.5) is 0 Å². The van der Waals surface area contributed by atoms with Gasteiger partial charge < -0.3 is 10.5 Å². The highest BCUT2D eigenvalue weighted by Gasteiger charge is 2.29. The number of benzene rings is 1. The molecule has 2 rings (SSSR count). The van der Waals surface area contributed by atoms with Gasteiger partial charge in [0, 0.05) is 26.3 Å². The molecule has 20 heavy (non-hydrogen) atoms. The molecule has 1 aromatic rings. The molecule has 6 heteroatoms. The normalized spacial score (nSPS) is 18.9. The summed E-state index contributed by atoms with van der Waals surface area (Å²) in [5.41, 5.74) is 6.20. The summed E-state index contributed by atoms with van der Waals surface area (Å²) in [5.74, 6) is 0. The van der Waals surface area contributed by atoms with Gasteiger partial charge in [-0.25, -0.2) is 13.1 Å². The molecule has 3 N–H and O–H groups in total. The largest absolute Gasteiger partial charge is 0.381 e. The van der Waals surface area contributed by atoms with Gasteiger partial charge in [0.15, 0.2) is 0 Å². The lowest BCUT2D eigenvalue weighted by Gasteiger charge is -2.33. The lowest BCUT2D eigenvalue weighted by molar-refractivity contribution is 0.0264. The van der Waals surface area contributed by atoms with Crippen molar-refractivity contribution in [1.29, 1.82) is 0 Å². The van der Waals surface area contributed by atoms with Crippen LogP contribution < -0.4 is 10.5 Å². The lowest BCUT2D eigenvalue weighted by Crippen LogP contribution is -2.39. The number of hydrogen-bond donors (Lipinski definition) is 2. The molecule has 0 spiro atoms. The van der Waals surface area contributed by atoms with Crippen LogP contribution in [0.25, 0.3) is 0 Å². The number of nitrogens with two attached hydrogens (primary N) is 1. The maximum absolute atomic E-state index is 12.4. The molecule has 0 bridgehead atoms. The third-order valence-electron chi connectivity index (χ3n) is 3.87. The monoisotopic (exact) mass is 298 g/mol. The molecule has 1 saturated heterocycles. The Morgan fingerprint density at radius 1 is 1.30 bits per heavy atom. The van der Waals surface area contributed by atoms with Gasteiger partial charge in [-0.2, -0.15) is 0 Å². The molecular formula is C14H22N2O3S. The Labute approximate surface area is 120 Å². The van der Waals surface area contributed by atoms with E-state index in [2.05, 4.69) is 11.6 Å². The van der Waals surface area contributed by atoms with Crippen molar-refractivity contribution in [1.82, 2.24) is 4.72 Å². The van der Waals surface area contributed by atoms with E-state index in [1.165, 1.54) is 0 Å². The first-order valence-corrected chi connectivity index (χ1v) is 8.31. The van der Waals surface area contributed by atoms with Crippen molar-refractivity contribution in [3.05, 3.63) is 29.8 Å². The summed E-state index contributed by atoms with van der Waals surface area (Å²) in [6, 6.07) is 6.84. The fourth-order valence-corrected chi connectivity index (χ4v) is 3.77. The quantitative estimate of drug-likeness (QED) is 0.857. The van der Waals surface area contributed by atoms with E-state index in [9.17, 15) is 8.42 Å². The summed E-state index contributed by atoms with van der Waals surface area (Å²) in [4.78, 5) is 0.276. The van der Waals surface area contributed by atoms with E-state index in [0.29, 0.717) is 25.3 Å². The molecule has 1 aliphatic heterocycles. The van der Waals surface area contributed by atoms with Gasteiger partial charge in [-0.1, -0.05) is 25.1 Å². The minimum absolute atomic E-state index is 0.0387. The average Bonchev–Trinajstić information content (AvgIpc) is 2.46. The predicted octanol–water partition coefficient (Wildman–Crippen LogP) is 1.24. The Balaban J connectivity index is 2.11. The van der Waals surface area contributed by atoms with E-state index in [0.717, 1.165) is 12.8 Å². The van der Waals surface area contributed by atoms with Gasteiger partial charge >= 0.3 is 0 Å². The zero-order valence-corrected chi connectivity index (χ0v) is 12.6.